The Morgan fingerprint density at radius 1 is 0.741 bits per heavy atom. The van der Waals surface area contributed by atoms with Gasteiger partial charge in [0.2, 0.25) is 0 Å². The van der Waals surface area contributed by atoms with Gasteiger partial charge in [0.15, 0.2) is 0 Å². The van der Waals surface area contributed by atoms with Gasteiger partial charge in [-0.15, -0.1) is 0 Å². The van der Waals surface area contributed by atoms with Gasteiger partial charge in [0.1, 0.15) is 12.1 Å². The fourth-order valence-corrected chi connectivity index (χ4v) is 3.35. The molecule has 6 heteroatoms. The lowest BCUT2D eigenvalue weighted by molar-refractivity contribution is -0.137. The molecule has 3 nitrogen and oxygen atoms in total. The molecule has 0 aliphatic carbocycles. The minimum absolute atomic E-state index is 0.217. The highest BCUT2D eigenvalue weighted by Crippen LogP contribution is 2.38. The minimum Gasteiger partial charge on any atom is -0.307 e. The van der Waals surface area contributed by atoms with Crippen LogP contribution in [0.1, 0.15) is 16.7 Å². The van der Waals surface area contributed by atoms with E-state index >= 15 is 0 Å². The second-order valence-electron chi connectivity index (χ2n) is 6.01. The molecule has 0 spiro atoms. The van der Waals surface area contributed by atoms with Crippen LogP contribution in [0, 0.1) is 22.7 Å². The van der Waals surface area contributed by atoms with Crippen LogP contribution in [-0.2, 0) is 6.18 Å². The van der Waals surface area contributed by atoms with Gasteiger partial charge in [-0.05, 0) is 30.3 Å². The number of hydrogen-bond donors (Lipinski definition) is 0. The molecule has 0 radical (unpaired) electrons. The van der Waals surface area contributed by atoms with E-state index in [-0.39, 0.29) is 16.8 Å². The highest BCUT2D eigenvalue weighted by molar-refractivity contribution is 6.09. The summed E-state index contributed by atoms with van der Waals surface area (Å²) in [6, 6.07) is 19.4. The summed E-state index contributed by atoms with van der Waals surface area (Å²) >= 11 is 0. The molecule has 0 saturated carbocycles. The minimum atomic E-state index is -4.50. The first-order valence-corrected chi connectivity index (χ1v) is 7.99. The molecule has 4 rings (SSSR count). The zero-order valence-corrected chi connectivity index (χ0v) is 13.7. The van der Waals surface area contributed by atoms with Gasteiger partial charge in [-0.3, -0.25) is 0 Å². The van der Waals surface area contributed by atoms with Crippen molar-refractivity contribution in [3.8, 4) is 17.8 Å². The molecule has 130 valence electrons. The van der Waals surface area contributed by atoms with Crippen molar-refractivity contribution in [1.29, 1.82) is 10.5 Å². The largest absolute Gasteiger partial charge is 0.416 e. The van der Waals surface area contributed by atoms with Crippen LogP contribution in [0.5, 0.6) is 0 Å². The molecule has 3 aromatic carbocycles. The van der Waals surface area contributed by atoms with Gasteiger partial charge in [-0.2, -0.15) is 23.7 Å². The summed E-state index contributed by atoms with van der Waals surface area (Å²) in [6.07, 6.45) is -4.50. The van der Waals surface area contributed by atoms with E-state index < -0.39 is 11.7 Å². The Balaban J connectivity index is 2.24. The second-order valence-corrected chi connectivity index (χ2v) is 6.01. The predicted octanol–water partition coefficient (Wildman–Crippen LogP) is 5.55. The maximum absolute atomic E-state index is 13.3. The Morgan fingerprint density at radius 2 is 1.37 bits per heavy atom. The van der Waals surface area contributed by atoms with E-state index in [1.807, 2.05) is 18.2 Å². The van der Waals surface area contributed by atoms with Gasteiger partial charge < -0.3 is 4.57 Å². The summed E-state index contributed by atoms with van der Waals surface area (Å²) in [5.74, 6) is 0. The third-order valence-electron chi connectivity index (χ3n) is 4.50. The molecule has 0 N–H and O–H groups in total. The molecule has 0 saturated heterocycles. The molecule has 0 aliphatic rings. The second kappa shape index (κ2) is 5.89. The molecule has 0 amide bonds. The van der Waals surface area contributed by atoms with Crippen LogP contribution in [0.4, 0.5) is 13.2 Å². The number of rotatable bonds is 1. The lowest BCUT2D eigenvalue weighted by Gasteiger charge is -2.13. The van der Waals surface area contributed by atoms with Crippen molar-refractivity contribution in [2.45, 2.75) is 6.18 Å². The fourth-order valence-electron chi connectivity index (χ4n) is 3.35. The first-order valence-electron chi connectivity index (χ1n) is 7.99. The van der Waals surface area contributed by atoms with Crippen molar-refractivity contribution >= 4 is 21.8 Å². The number of hydrogen-bond acceptors (Lipinski definition) is 2. The van der Waals surface area contributed by atoms with Crippen LogP contribution in [0.3, 0.4) is 0 Å². The quantitative estimate of drug-likeness (QED) is 0.447. The average Bonchev–Trinajstić information content (AvgIpc) is 3.00. The van der Waals surface area contributed by atoms with Crippen molar-refractivity contribution < 1.29 is 13.2 Å². The summed E-state index contributed by atoms with van der Waals surface area (Å²) in [6.45, 7) is 0. The first-order chi connectivity index (χ1) is 13.0. The van der Waals surface area contributed by atoms with E-state index in [0.717, 1.165) is 17.5 Å². The van der Waals surface area contributed by atoms with Crippen molar-refractivity contribution in [3.05, 3.63) is 77.4 Å². The molecule has 0 atom stereocenters. The van der Waals surface area contributed by atoms with Crippen molar-refractivity contribution in [1.82, 2.24) is 4.57 Å². The Labute approximate surface area is 152 Å². The van der Waals surface area contributed by atoms with E-state index in [2.05, 4.69) is 0 Å². The number of halogens is 3. The average molecular weight is 361 g/mol. The summed E-state index contributed by atoms with van der Waals surface area (Å²) < 4.78 is 41.4. The lowest BCUT2D eigenvalue weighted by Crippen LogP contribution is -2.06. The zero-order valence-electron chi connectivity index (χ0n) is 13.7. The van der Waals surface area contributed by atoms with Crippen molar-refractivity contribution in [3.63, 3.8) is 0 Å². The Morgan fingerprint density at radius 3 is 2.00 bits per heavy atom. The third kappa shape index (κ3) is 2.51. The molecule has 4 aromatic rings. The van der Waals surface area contributed by atoms with E-state index in [1.54, 1.807) is 41.0 Å². The van der Waals surface area contributed by atoms with Crippen LogP contribution in [0.2, 0.25) is 0 Å². The number of nitriles is 2. The standard InChI is InChI=1S/C21H10F3N3/c22-21(23,24)15-8-9-17-16-6-1-2-7-18(16)27(19(17)10-15)20-13(11-25)4-3-5-14(20)12-26/h1-10H. The molecule has 0 bridgehead atoms. The Bertz CT molecular complexity index is 1250. The van der Waals surface area contributed by atoms with Gasteiger partial charge in [0.05, 0.1) is 33.4 Å². The molecule has 0 fully saturated rings. The first kappa shape index (κ1) is 16.7. The number of alkyl halides is 3. The number of benzene rings is 3. The lowest BCUT2D eigenvalue weighted by atomic mass is 10.1. The molecule has 0 aliphatic heterocycles. The SMILES string of the molecule is N#Cc1cccc(C#N)c1-n1c2ccccc2c2ccc(C(F)(F)F)cc21. The number of fused-ring (bicyclic) bond motifs is 3. The molecule has 27 heavy (non-hydrogen) atoms. The van der Waals surface area contributed by atoms with Gasteiger partial charge in [0, 0.05) is 10.8 Å². The van der Waals surface area contributed by atoms with Gasteiger partial charge in [0.25, 0.3) is 0 Å². The molecule has 1 aromatic heterocycles. The van der Waals surface area contributed by atoms with Gasteiger partial charge >= 0.3 is 6.18 Å². The summed E-state index contributed by atoms with van der Waals surface area (Å²) in [7, 11) is 0. The zero-order chi connectivity index (χ0) is 19.2. The number of aromatic nitrogens is 1. The normalized spacial score (nSPS) is 11.4. The van der Waals surface area contributed by atoms with E-state index in [9.17, 15) is 23.7 Å². The van der Waals surface area contributed by atoms with Crippen LogP contribution in [-0.4, -0.2) is 4.57 Å². The summed E-state index contributed by atoms with van der Waals surface area (Å²) in [5.41, 5.74) is 0.861. The van der Waals surface area contributed by atoms with Crippen molar-refractivity contribution in [2.24, 2.45) is 0 Å². The summed E-state index contributed by atoms with van der Waals surface area (Å²) in [4.78, 5) is 0. The molecular formula is C21H10F3N3. The van der Waals surface area contributed by atoms with Crippen LogP contribution < -0.4 is 0 Å². The van der Waals surface area contributed by atoms with Gasteiger partial charge in [-0.1, -0.05) is 30.3 Å². The van der Waals surface area contributed by atoms with Crippen molar-refractivity contribution in [2.75, 3.05) is 0 Å². The van der Waals surface area contributed by atoms with E-state index in [0.29, 0.717) is 16.4 Å². The number of para-hydroxylation sites is 2. The van der Waals surface area contributed by atoms with Crippen LogP contribution in [0.15, 0.2) is 60.7 Å². The molecule has 0 unspecified atom stereocenters. The molecule has 1 heterocycles. The number of nitrogens with zero attached hydrogens (tertiary/aromatic N) is 3. The Kier molecular flexibility index (Phi) is 3.64. The summed E-state index contributed by atoms with van der Waals surface area (Å²) in [5, 5.41) is 20.4. The monoisotopic (exact) mass is 361 g/mol. The molecular weight excluding hydrogens is 351 g/mol. The van der Waals surface area contributed by atoms with Crippen LogP contribution >= 0.6 is 0 Å². The third-order valence-corrected chi connectivity index (χ3v) is 4.50. The fraction of sp³-hybridized carbons (Fsp3) is 0.0476. The Hall–Kier alpha value is -3.77. The highest BCUT2D eigenvalue weighted by Gasteiger charge is 2.31. The highest BCUT2D eigenvalue weighted by atomic mass is 19.4. The maximum atomic E-state index is 13.3. The van der Waals surface area contributed by atoms with Crippen LogP contribution in [0.25, 0.3) is 27.5 Å². The topological polar surface area (TPSA) is 52.5 Å². The smallest absolute Gasteiger partial charge is 0.307 e. The maximum Gasteiger partial charge on any atom is 0.416 e. The van der Waals surface area contributed by atoms with Gasteiger partial charge in [-0.25, -0.2) is 0 Å². The van der Waals surface area contributed by atoms with E-state index in [4.69, 9.17) is 0 Å². The van der Waals surface area contributed by atoms with E-state index in [1.165, 1.54) is 6.07 Å². The predicted molar refractivity (Wildman–Crippen MR) is 95.2 cm³/mol.